The third-order valence-electron chi connectivity index (χ3n) is 1.69. The van der Waals surface area contributed by atoms with Gasteiger partial charge in [0.05, 0.1) is 6.10 Å². The predicted molar refractivity (Wildman–Crippen MR) is 52.4 cm³/mol. The van der Waals surface area contributed by atoms with Crippen molar-refractivity contribution in [3.8, 4) is 0 Å². The second-order valence-electron chi connectivity index (χ2n) is 2.99. The van der Waals surface area contributed by atoms with E-state index in [4.69, 9.17) is 5.11 Å². The van der Waals surface area contributed by atoms with Crippen LogP contribution in [0.3, 0.4) is 0 Å². The zero-order valence-corrected chi connectivity index (χ0v) is 8.27. The Hall–Kier alpha value is -0.380. The summed E-state index contributed by atoms with van der Waals surface area (Å²) in [6.45, 7) is 4.54. The van der Waals surface area contributed by atoms with Gasteiger partial charge in [0.25, 0.3) is 0 Å². The van der Waals surface area contributed by atoms with Crippen LogP contribution in [0.2, 0.25) is 0 Å². The summed E-state index contributed by atoms with van der Waals surface area (Å²) in [7, 11) is 0. The Bertz CT molecular complexity index is 208. The lowest BCUT2D eigenvalue weighted by Gasteiger charge is -2.12. The van der Waals surface area contributed by atoms with Crippen molar-refractivity contribution in [2.24, 2.45) is 0 Å². The maximum Gasteiger partial charge on any atom is 0.0636 e. The first-order valence-corrected chi connectivity index (χ1v) is 5.03. The molecule has 2 nitrogen and oxygen atoms in total. The molecule has 0 aliphatic heterocycles. The van der Waals surface area contributed by atoms with E-state index < -0.39 is 0 Å². The van der Waals surface area contributed by atoms with E-state index in [9.17, 15) is 0 Å². The molecule has 2 atom stereocenters. The second-order valence-corrected chi connectivity index (χ2v) is 3.97. The molecule has 0 saturated carbocycles. The molecule has 0 radical (unpaired) electrons. The van der Waals surface area contributed by atoms with Gasteiger partial charge in [-0.05, 0) is 25.3 Å². The molecule has 68 valence electrons. The number of nitrogens with one attached hydrogen (secondary N) is 1. The average molecular weight is 185 g/mol. The zero-order chi connectivity index (χ0) is 8.97. The van der Waals surface area contributed by atoms with Gasteiger partial charge in [0.2, 0.25) is 0 Å². The van der Waals surface area contributed by atoms with Crippen LogP contribution in [0.5, 0.6) is 0 Å². The molecule has 0 amide bonds. The topological polar surface area (TPSA) is 32.3 Å². The van der Waals surface area contributed by atoms with Crippen molar-refractivity contribution in [1.29, 1.82) is 0 Å². The smallest absolute Gasteiger partial charge is 0.0636 e. The van der Waals surface area contributed by atoms with Gasteiger partial charge < -0.3 is 10.4 Å². The quantitative estimate of drug-likeness (QED) is 0.749. The first-order valence-electron chi connectivity index (χ1n) is 4.15. The van der Waals surface area contributed by atoms with E-state index in [-0.39, 0.29) is 6.10 Å². The minimum atomic E-state index is -0.271. The summed E-state index contributed by atoms with van der Waals surface area (Å²) in [6, 6.07) is 4.49. The Kier molecular flexibility index (Phi) is 3.72. The monoisotopic (exact) mass is 185 g/mol. The Labute approximate surface area is 77.2 Å². The van der Waals surface area contributed by atoms with E-state index in [0.29, 0.717) is 12.6 Å². The molecule has 0 saturated heterocycles. The van der Waals surface area contributed by atoms with E-state index in [0.717, 1.165) is 0 Å². The largest absolute Gasteiger partial charge is 0.392 e. The molecule has 1 rings (SSSR count). The molecule has 1 heterocycles. The lowest BCUT2D eigenvalue weighted by Crippen LogP contribution is -2.26. The maximum absolute atomic E-state index is 9.04. The van der Waals surface area contributed by atoms with E-state index in [1.165, 1.54) is 4.88 Å². The van der Waals surface area contributed by atoms with Gasteiger partial charge in [-0.25, -0.2) is 0 Å². The highest BCUT2D eigenvalue weighted by Gasteiger charge is 2.05. The van der Waals surface area contributed by atoms with Crippen molar-refractivity contribution in [3.05, 3.63) is 22.4 Å². The molecule has 0 fully saturated rings. The van der Waals surface area contributed by atoms with Crippen LogP contribution in [0, 0.1) is 0 Å². The third-order valence-corrected chi connectivity index (χ3v) is 2.74. The lowest BCUT2D eigenvalue weighted by atomic mass is 10.2. The first-order chi connectivity index (χ1) is 5.70. The first kappa shape index (κ1) is 9.71. The molecule has 0 aliphatic rings. The average Bonchev–Trinajstić information content (AvgIpc) is 2.51. The normalized spacial score (nSPS) is 15.9. The molecule has 3 heteroatoms. The van der Waals surface area contributed by atoms with Crippen molar-refractivity contribution in [2.75, 3.05) is 6.54 Å². The summed E-state index contributed by atoms with van der Waals surface area (Å²) in [6.07, 6.45) is -0.271. The minimum absolute atomic E-state index is 0.271. The number of hydrogen-bond donors (Lipinski definition) is 2. The number of hydrogen-bond acceptors (Lipinski definition) is 3. The highest BCUT2D eigenvalue weighted by atomic mass is 32.1. The summed E-state index contributed by atoms with van der Waals surface area (Å²) in [5.74, 6) is 0. The fraction of sp³-hybridized carbons (Fsp3) is 0.556. The highest BCUT2D eigenvalue weighted by molar-refractivity contribution is 7.10. The van der Waals surface area contributed by atoms with E-state index in [1.807, 2.05) is 6.07 Å². The molecule has 0 aliphatic carbocycles. The molecule has 0 spiro atoms. The van der Waals surface area contributed by atoms with Gasteiger partial charge in [0, 0.05) is 17.5 Å². The number of rotatable bonds is 4. The molecule has 0 aromatic carbocycles. The molecule has 0 bridgehead atoms. The Morgan fingerprint density at radius 3 is 2.83 bits per heavy atom. The highest BCUT2D eigenvalue weighted by Crippen LogP contribution is 2.17. The minimum Gasteiger partial charge on any atom is -0.392 e. The van der Waals surface area contributed by atoms with Crippen LogP contribution >= 0.6 is 11.3 Å². The van der Waals surface area contributed by atoms with Crippen molar-refractivity contribution in [2.45, 2.75) is 26.0 Å². The van der Waals surface area contributed by atoms with Crippen LogP contribution in [-0.2, 0) is 0 Å². The summed E-state index contributed by atoms with van der Waals surface area (Å²) < 4.78 is 0. The van der Waals surface area contributed by atoms with Gasteiger partial charge in [0.1, 0.15) is 0 Å². The van der Waals surface area contributed by atoms with Crippen LogP contribution in [0.4, 0.5) is 0 Å². The van der Waals surface area contributed by atoms with E-state index in [2.05, 4.69) is 23.7 Å². The van der Waals surface area contributed by atoms with E-state index >= 15 is 0 Å². The summed E-state index contributed by atoms with van der Waals surface area (Å²) >= 11 is 1.74. The van der Waals surface area contributed by atoms with Gasteiger partial charge in [-0.3, -0.25) is 0 Å². The molecule has 2 N–H and O–H groups in total. The number of thiophene rings is 1. The molecule has 12 heavy (non-hydrogen) atoms. The Morgan fingerprint density at radius 2 is 2.33 bits per heavy atom. The molecule has 2 unspecified atom stereocenters. The predicted octanol–water partition coefficient (Wildman–Crippen LogP) is 1.78. The summed E-state index contributed by atoms with van der Waals surface area (Å²) in [5.41, 5.74) is 0. The van der Waals surface area contributed by atoms with Gasteiger partial charge in [0.15, 0.2) is 0 Å². The maximum atomic E-state index is 9.04. The van der Waals surface area contributed by atoms with Crippen molar-refractivity contribution in [1.82, 2.24) is 5.32 Å². The van der Waals surface area contributed by atoms with Crippen LogP contribution in [0.25, 0.3) is 0 Å². The Morgan fingerprint density at radius 1 is 1.58 bits per heavy atom. The SMILES string of the molecule is CC(O)CNC(C)c1cccs1. The lowest BCUT2D eigenvalue weighted by molar-refractivity contribution is 0.187. The Balaban J connectivity index is 2.34. The van der Waals surface area contributed by atoms with Gasteiger partial charge in [-0.2, -0.15) is 0 Å². The van der Waals surface area contributed by atoms with Gasteiger partial charge in [-0.1, -0.05) is 6.07 Å². The standard InChI is InChI=1S/C9H15NOS/c1-7(11)6-10-8(2)9-4-3-5-12-9/h3-5,7-8,10-11H,6H2,1-2H3. The van der Waals surface area contributed by atoms with E-state index in [1.54, 1.807) is 18.3 Å². The zero-order valence-electron chi connectivity index (χ0n) is 7.45. The summed E-state index contributed by atoms with van der Waals surface area (Å²) in [5, 5.41) is 14.3. The number of aliphatic hydroxyl groups is 1. The van der Waals surface area contributed by atoms with Crippen LogP contribution in [-0.4, -0.2) is 17.8 Å². The van der Waals surface area contributed by atoms with Crippen LogP contribution < -0.4 is 5.32 Å². The summed E-state index contributed by atoms with van der Waals surface area (Å²) in [4.78, 5) is 1.32. The van der Waals surface area contributed by atoms with Crippen LogP contribution in [0.15, 0.2) is 17.5 Å². The van der Waals surface area contributed by atoms with Gasteiger partial charge in [-0.15, -0.1) is 11.3 Å². The fourth-order valence-corrected chi connectivity index (χ4v) is 1.74. The fourth-order valence-electron chi connectivity index (χ4n) is 0.986. The second kappa shape index (κ2) is 4.60. The van der Waals surface area contributed by atoms with Crippen molar-refractivity contribution < 1.29 is 5.11 Å². The third kappa shape index (κ3) is 2.93. The molecule has 1 aromatic heterocycles. The van der Waals surface area contributed by atoms with Crippen molar-refractivity contribution >= 4 is 11.3 Å². The molecular formula is C9H15NOS. The molecular weight excluding hydrogens is 170 g/mol. The van der Waals surface area contributed by atoms with Crippen molar-refractivity contribution in [3.63, 3.8) is 0 Å². The van der Waals surface area contributed by atoms with Crippen LogP contribution in [0.1, 0.15) is 24.8 Å². The number of aliphatic hydroxyl groups excluding tert-OH is 1. The molecule has 1 aromatic rings. The van der Waals surface area contributed by atoms with Gasteiger partial charge >= 0.3 is 0 Å².